The van der Waals surface area contributed by atoms with Crippen LogP contribution in [0, 0.1) is 5.92 Å². The van der Waals surface area contributed by atoms with Crippen molar-refractivity contribution in [3.63, 3.8) is 0 Å². The van der Waals surface area contributed by atoms with Crippen LogP contribution in [-0.2, 0) is 11.3 Å². The summed E-state index contributed by atoms with van der Waals surface area (Å²) in [7, 11) is 1.31. The molecule has 1 aliphatic heterocycles. The van der Waals surface area contributed by atoms with E-state index in [-0.39, 0.29) is 17.3 Å². The zero-order valence-electron chi connectivity index (χ0n) is 13.1. The number of methoxy groups -OCH3 is 1. The normalized spacial score (nSPS) is 16.6. The van der Waals surface area contributed by atoms with Crippen molar-refractivity contribution >= 4 is 11.8 Å². The van der Waals surface area contributed by atoms with Gasteiger partial charge >= 0.3 is 5.97 Å². The Kier molecular flexibility index (Phi) is 4.24. The molecule has 10 heteroatoms. The maximum atomic E-state index is 11.9. The van der Waals surface area contributed by atoms with Gasteiger partial charge in [0.05, 0.1) is 12.8 Å². The lowest BCUT2D eigenvalue weighted by molar-refractivity contribution is 0.0590. The fourth-order valence-electron chi connectivity index (χ4n) is 2.64. The predicted octanol–water partition coefficient (Wildman–Crippen LogP) is 0.251. The Balaban J connectivity index is 1.93. The number of carbonyl (C=O) groups excluding carboxylic acids is 1. The van der Waals surface area contributed by atoms with Crippen LogP contribution in [0.5, 0.6) is 0 Å². The molecule has 2 N–H and O–H groups in total. The fourth-order valence-corrected chi connectivity index (χ4v) is 2.64. The molecule has 0 atom stereocenters. The lowest BCUT2D eigenvalue weighted by atomic mass is 9.99. The lowest BCUT2D eigenvalue weighted by Gasteiger charge is -2.30. The number of rotatable bonds is 4. The number of nitrogens with zero attached hydrogens (tertiary/aromatic N) is 6. The largest absolute Gasteiger partial charge is 0.464 e. The van der Waals surface area contributed by atoms with E-state index in [0.29, 0.717) is 18.2 Å². The van der Waals surface area contributed by atoms with E-state index in [9.17, 15) is 4.79 Å². The van der Waals surface area contributed by atoms with Crippen molar-refractivity contribution in [1.82, 2.24) is 30.2 Å². The standard InChI is InChI=1S/C13H19N7O3/c1-8-3-5-19(6-4-8)7-9-10(13(21)22-2)15-18-20(9)12-11(14)16-23-17-12/h8H,3-7H2,1-2H3,(H2,14,16). The van der Waals surface area contributed by atoms with Crippen molar-refractivity contribution < 1.29 is 14.2 Å². The average molecular weight is 321 g/mol. The number of aromatic nitrogens is 5. The van der Waals surface area contributed by atoms with Gasteiger partial charge in [0, 0.05) is 6.54 Å². The van der Waals surface area contributed by atoms with Crippen molar-refractivity contribution in [1.29, 1.82) is 0 Å². The van der Waals surface area contributed by atoms with E-state index in [0.717, 1.165) is 25.9 Å². The first-order chi connectivity index (χ1) is 11.1. The monoisotopic (exact) mass is 321 g/mol. The summed E-state index contributed by atoms with van der Waals surface area (Å²) in [6.07, 6.45) is 2.23. The van der Waals surface area contributed by atoms with Crippen LogP contribution in [0.25, 0.3) is 5.82 Å². The molecule has 2 aromatic heterocycles. The molecule has 3 heterocycles. The molecule has 0 spiro atoms. The molecule has 0 aliphatic carbocycles. The van der Waals surface area contributed by atoms with Crippen LogP contribution in [0.15, 0.2) is 4.63 Å². The van der Waals surface area contributed by atoms with Crippen molar-refractivity contribution in [3.8, 4) is 5.82 Å². The molecule has 0 radical (unpaired) electrons. The third-order valence-corrected chi connectivity index (χ3v) is 4.09. The minimum absolute atomic E-state index is 0.0832. The number of carbonyl (C=O) groups is 1. The molecule has 3 rings (SSSR count). The van der Waals surface area contributed by atoms with E-state index in [4.69, 9.17) is 10.5 Å². The minimum atomic E-state index is -0.549. The van der Waals surface area contributed by atoms with Gasteiger partial charge in [-0.05, 0) is 42.2 Å². The van der Waals surface area contributed by atoms with Gasteiger partial charge in [0.1, 0.15) is 0 Å². The second kappa shape index (κ2) is 6.32. The highest BCUT2D eigenvalue weighted by molar-refractivity contribution is 5.88. The van der Waals surface area contributed by atoms with Gasteiger partial charge in [-0.1, -0.05) is 12.1 Å². The maximum Gasteiger partial charge on any atom is 0.360 e. The van der Waals surface area contributed by atoms with Crippen molar-refractivity contribution in [2.24, 2.45) is 5.92 Å². The van der Waals surface area contributed by atoms with E-state index < -0.39 is 5.97 Å². The van der Waals surface area contributed by atoms with Crippen molar-refractivity contribution in [2.45, 2.75) is 26.3 Å². The number of hydrogen-bond acceptors (Lipinski definition) is 9. The predicted molar refractivity (Wildman–Crippen MR) is 78.6 cm³/mol. The van der Waals surface area contributed by atoms with Crippen LogP contribution in [-0.4, -0.2) is 56.4 Å². The molecule has 2 aromatic rings. The Morgan fingerprint density at radius 1 is 1.39 bits per heavy atom. The number of piperidine rings is 1. The molecule has 10 nitrogen and oxygen atoms in total. The van der Waals surface area contributed by atoms with Crippen molar-refractivity contribution in [3.05, 3.63) is 11.4 Å². The number of likely N-dealkylation sites (tertiary alicyclic amines) is 1. The van der Waals surface area contributed by atoms with Gasteiger partial charge in [0.25, 0.3) is 0 Å². The minimum Gasteiger partial charge on any atom is -0.464 e. The smallest absolute Gasteiger partial charge is 0.360 e. The third-order valence-electron chi connectivity index (χ3n) is 4.09. The van der Waals surface area contributed by atoms with Gasteiger partial charge < -0.3 is 10.5 Å². The van der Waals surface area contributed by atoms with Crippen LogP contribution < -0.4 is 5.73 Å². The number of nitrogens with two attached hydrogens (primary N) is 1. The Hall–Kier alpha value is -2.49. The summed E-state index contributed by atoms with van der Waals surface area (Å²) < 4.78 is 10.8. The molecule has 0 amide bonds. The molecule has 23 heavy (non-hydrogen) atoms. The number of ether oxygens (including phenoxy) is 1. The van der Waals surface area contributed by atoms with Gasteiger partial charge in [0.15, 0.2) is 5.69 Å². The highest BCUT2D eigenvalue weighted by Crippen LogP contribution is 2.21. The Morgan fingerprint density at radius 3 is 2.74 bits per heavy atom. The second-order valence-electron chi connectivity index (χ2n) is 5.72. The summed E-state index contributed by atoms with van der Waals surface area (Å²) in [5.74, 6) is 0.462. The van der Waals surface area contributed by atoms with Gasteiger partial charge in [-0.3, -0.25) is 4.90 Å². The molecule has 0 aromatic carbocycles. The SMILES string of the molecule is COC(=O)c1nnn(-c2nonc2N)c1CN1CCC(C)CC1. The summed E-state index contributed by atoms with van der Waals surface area (Å²) in [4.78, 5) is 14.2. The second-order valence-corrected chi connectivity index (χ2v) is 5.72. The van der Waals surface area contributed by atoms with E-state index >= 15 is 0 Å². The zero-order valence-corrected chi connectivity index (χ0v) is 13.1. The summed E-state index contributed by atoms with van der Waals surface area (Å²) in [5, 5.41) is 15.1. The summed E-state index contributed by atoms with van der Waals surface area (Å²) in [6.45, 7) is 4.63. The van der Waals surface area contributed by atoms with Crippen LogP contribution in [0.2, 0.25) is 0 Å². The highest BCUT2D eigenvalue weighted by Gasteiger charge is 2.27. The van der Waals surface area contributed by atoms with Gasteiger partial charge in [-0.2, -0.15) is 4.68 Å². The molecule has 0 saturated carbocycles. The fraction of sp³-hybridized carbons (Fsp3) is 0.615. The molecule has 1 fully saturated rings. The van der Waals surface area contributed by atoms with Crippen LogP contribution >= 0.6 is 0 Å². The Labute approximate surface area is 132 Å². The maximum absolute atomic E-state index is 11.9. The lowest BCUT2D eigenvalue weighted by Crippen LogP contribution is -2.33. The van der Waals surface area contributed by atoms with E-state index in [1.165, 1.54) is 11.8 Å². The first-order valence-corrected chi connectivity index (χ1v) is 7.43. The summed E-state index contributed by atoms with van der Waals surface area (Å²) in [5.41, 5.74) is 6.44. The van der Waals surface area contributed by atoms with E-state index in [1.807, 2.05) is 0 Å². The molecule has 1 saturated heterocycles. The van der Waals surface area contributed by atoms with Gasteiger partial charge in [-0.25, -0.2) is 9.42 Å². The van der Waals surface area contributed by atoms with E-state index in [1.54, 1.807) is 0 Å². The topological polar surface area (TPSA) is 125 Å². The Bertz CT molecular complexity index is 688. The van der Waals surface area contributed by atoms with Crippen LogP contribution in [0.3, 0.4) is 0 Å². The number of esters is 1. The first kappa shape index (κ1) is 15.4. The summed E-state index contributed by atoms with van der Waals surface area (Å²) >= 11 is 0. The third kappa shape index (κ3) is 3.02. The average Bonchev–Trinajstić information content (AvgIpc) is 3.15. The summed E-state index contributed by atoms with van der Waals surface area (Å²) in [6, 6.07) is 0. The van der Waals surface area contributed by atoms with Gasteiger partial charge in [0.2, 0.25) is 11.6 Å². The van der Waals surface area contributed by atoms with E-state index in [2.05, 4.69) is 37.1 Å². The zero-order chi connectivity index (χ0) is 16.4. The molecular weight excluding hydrogens is 302 g/mol. The molecule has 1 aliphatic rings. The first-order valence-electron chi connectivity index (χ1n) is 7.43. The molecule has 0 unspecified atom stereocenters. The molecule has 124 valence electrons. The van der Waals surface area contributed by atoms with Crippen LogP contribution in [0.1, 0.15) is 35.9 Å². The quantitative estimate of drug-likeness (QED) is 0.788. The molecule has 0 bridgehead atoms. The van der Waals surface area contributed by atoms with Crippen LogP contribution in [0.4, 0.5) is 5.82 Å². The Morgan fingerprint density at radius 2 is 2.13 bits per heavy atom. The molecular formula is C13H19N7O3. The number of hydrogen-bond donors (Lipinski definition) is 1. The highest BCUT2D eigenvalue weighted by atomic mass is 16.6. The van der Waals surface area contributed by atoms with Crippen molar-refractivity contribution in [2.75, 3.05) is 25.9 Å². The number of anilines is 1. The van der Waals surface area contributed by atoms with Gasteiger partial charge in [-0.15, -0.1) is 5.10 Å². The number of nitrogen functional groups attached to an aromatic ring is 1.